The van der Waals surface area contributed by atoms with Gasteiger partial charge in [-0.2, -0.15) is 5.26 Å². The van der Waals surface area contributed by atoms with Gasteiger partial charge in [0.25, 0.3) is 0 Å². The first-order chi connectivity index (χ1) is 12.2. The smallest absolute Gasteiger partial charge is 0.0991 e. The predicted octanol–water partition coefficient (Wildman–Crippen LogP) is 7.34. The Labute approximate surface area is 170 Å². The maximum absolute atomic E-state index is 9.05. The highest BCUT2D eigenvalue weighted by Gasteiger charge is 2.11. The molecule has 0 radical (unpaired) electrons. The van der Waals surface area contributed by atoms with Crippen LogP contribution in [0.3, 0.4) is 0 Å². The molecular formula is C20H27NS4. The van der Waals surface area contributed by atoms with Gasteiger partial charge >= 0.3 is 0 Å². The lowest BCUT2D eigenvalue weighted by atomic mass is 9.98. The molecule has 0 heterocycles. The van der Waals surface area contributed by atoms with Crippen LogP contribution in [-0.4, -0.2) is 23.0 Å². The Bertz CT molecular complexity index is 557. The topological polar surface area (TPSA) is 23.8 Å². The number of hydrogen-bond donors (Lipinski definition) is 0. The van der Waals surface area contributed by atoms with Crippen LogP contribution in [0, 0.1) is 11.3 Å². The SMILES string of the molecule is CCSC(=CC(C=C(SCC)SCC)c1ccc(C#N)cc1)SCC. The maximum Gasteiger partial charge on any atom is 0.0991 e. The molecule has 0 amide bonds. The molecule has 1 nitrogen and oxygen atoms in total. The number of thioether (sulfide) groups is 4. The third-order valence-corrected chi connectivity index (χ3v) is 7.45. The van der Waals surface area contributed by atoms with Crippen molar-refractivity contribution in [3.05, 3.63) is 56.0 Å². The van der Waals surface area contributed by atoms with E-state index in [-0.39, 0.29) is 5.92 Å². The van der Waals surface area contributed by atoms with Gasteiger partial charge in [0.1, 0.15) is 0 Å². The summed E-state index contributed by atoms with van der Waals surface area (Å²) in [7, 11) is 0. The highest BCUT2D eigenvalue weighted by Crippen LogP contribution is 2.36. The van der Waals surface area contributed by atoms with Crippen molar-refractivity contribution < 1.29 is 0 Å². The molecule has 0 N–H and O–H groups in total. The second-order valence-corrected chi connectivity index (χ2v) is 10.7. The Balaban J connectivity index is 3.25. The van der Waals surface area contributed by atoms with Crippen LogP contribution in [0.5, 0.6) is 0 Å². The molecule has 0 bridgehead atoms. The molecule has 0 aliphatic carbocycles. The van der Waals surface area contributed by atoms with E-state index < -0.39 is 0 Å². The zero-order valence-corrected chi connectivity index (χ0v) is 18.7. The normalized spacial score (nSPS) is 10.4. The van der Waals surface area contributed by atoms with Crippen LogP contribution in [0.25, 0.3) is 0 Å². The van der Waals surface area contributed by atoms with E-state index in [1.54, 1.807) is 0 Å². The summed E-state index contributed by atoms with van der Waals surface area (Å²) in [6.45, 7) is 8.80. The largest absolute Gasteiger partial charge is 0.192 e. The van der Waals surface area contributed by atoms with E-state index in [1.165, 1.54) is 14.0 Å². The molecule has 0 unspecified atom stereocenters. The number of benzene rings is 1. The lowest BCUT2D eigenvalue weighted by molar-refractivity contribution is 1.08. The summed E-state index contributed by atoms with van der Waals surface area (Å²) < 4.78 is 2.77. The third-order valence-electron chi connectivity index (χ3n) is 3.20. The summed E-state index contributed by atoms with van der Waals surface area (Å²) in [6.07, 6.45) is 4.77. The molecular weight excluding hydrogens is 382 g/mol. The molecule has 136 valence electrons. The Morgan fingerprint density at radius 3 is 1.56 bits per heavy atom. The van der Waals surface area contributed by atoms with Gasteiger partial charge in [0.2, 0.25) is 0 Å². The lowest BCUT2D eigenvalue weighted by Gasteiger charge is -2.14. The minimum Gasteiger partial charge on any atom is -0.192 e. The van der Waals surface area contributed by atoms with Crippen LogP contribution in [0.2, 0.25) is 0 Å². The number of nitrogens with zero attached hydrogens (tertiary/aromatic N) is 1. The van der Waals surface area contributed by atoms with Crippen LogP contribution in [0.4, 0.5) is 0 Å². The molecule has 0 fully saturated rings. The molecule has 0 aliphatic heterocycles. The molecule has 5 heteroatoms. The zero-order chi connectivity index (χ0) is 18.5. The molecule has 1 rings (SSSR count). The third kappa shape index (κ3) is 8.68. The summed E-state index contributed by atoms with van der Waals surface area (Å²) in [4.78, 5) is 0. The second-order valence-electron chi connectivity index (χ2n) is 4.96. The number of nitriles is 1. The average molecular weight is 410 g/mol. The Morgan fingerprint density at radius 1 is 0.840 bits per heavy atom. The first kappa shape index (κ1) is 22.6. The van der Waals surface area contributed by atoms with Gasteiger partial charge < -0.3 is 0 Å². The van der Waals surface area contributed by atoms with Crippen molar-refractivity contribution in [2.45, 2.75) is 33.6 Å². The van der Waals surface area contributed by atoms with Crippen molar-refractivity contribution in [2.75, 3.05) is 23.0 Å². The minimum absolute atomic E-state index is 0.244. The van der Waals surface area contributed by atoms with Gasteiger partial charge in [-0.3, -0.25) is 0 Å². The zero-order valence-electron chi connectivity index (χ0n) is 15.5. The van der Waals surface area contributed by atoms with E-state index in [4.69, 9.17) is 5.26 Å². The maximum atomic E-state index is 9.05. The fourth-order valence-electron chi connectivity index (χ4n) is 2.16. The van der Waals surface area contributed by atoms with Gasteiger partial charge in [-0.1, -0.05) is 52.0 Å². The van der Waals surface area contributed by atoms with Crippen molar-refractivity contribution in [2.24, 2.45) is 0 Å². The van der Waals surface area contributed by atoms with Crippen LogP contribution < -0.4 is 0 Å². The second kappa shape index (κ2) is 13.7. The van der Waals surface area contributed by atoms with E-state index in [0.29, 0.717) is 5.56 Å². The average Bonchev–Trinajstić information content (AvgIpc) is 2.62. The Kier molecular flexibility index (Phi) is 12.4. The lowest BCUT2D eigenvalue weighted by Crippen LogP contribution is -1.95. The van der Waals surface area contributed by atoms with Crippen LogP contribution in [0.15, 0.2) is 44.9 Å². The molecule has 0 saturated heterocycles. The number of allylic oxidation sites excluding steroid dienone is 2. The molecule has 25 heavy (non-hydrogen) atoms. The van der Waals surface area contributed by atoms with Crippen molar-refractivity contribution in [3.8, 4) is 6.07 Å². The Hall–Kier alpha value is -0.410. The van der Waals surface area contributed by atoms with E-state index in [9.17, 15) is 0 Å². The van der Waals surface area contributed by atoms with Gasteiger partial charge in [0, 0.05) is 14.4 Å². The van der Waals surface area contributed by atoms with Crippen molar-refractivity contribution in [3.63, 3.8) is 0 Å². The monoisotopic (exact) mass is 409 g/mol. The van der Waals surface area contributed by atoms with Crippen molar-refractivity contribution in [1.82, 2.24) is 0 Å². The molecule has 1 aromatic carbocycles. The fourth-order valence-corrected chi connectivity index (χ4v) is 6.35. The molecule has 0 aliphatic rings. The van der Waals surface area contributed by atoms with Gasteiger partial charge in [-0.25, -0.2) is 0 Å². The summed E-state index contributed by atoms with van der Waals surface area (Å²) in [5.41, 5.74) is 1.96. The van der Waals surface area contributed by atoms with Gasteiger partial charge in [0.15, 0.2) is 0 Å². The fraction of sp³-hybridized carbons (Fsp3) is 0.450. The van der Waals surface area contributed by atoms with Gasteiger partial charge in [-0.15, -0.1) is 47.0 Å². The van der Waals surface area contributed by atoms with Gasteiger partial charge in [0.05, 0.1) is 11.6 Å². The van der Waals surface area contributed by atoms with Gasteiger partial charge in [-0.05, 0) is 40.7 Å². The summed E-state index contributed by atoms with van der Waals surface area (Å²) in [5, 5.41) is 9.05. The van der Waals surface area contributed by atoms with Crippen molar-refractivity contribution in [1.29, 1.82) is 5.26 Å². The standard InChI is InChI=1S/C20H27NS4/c1-5-22-19(23-6-2)13-18(14-20(24-7-3)25-8-4)17-11-9-16(15-21)10-12-17/h9-14,18H,5-8H2,1-4H3. The van der Waals surface area contributed by atoms with E-state index in [0.717, 1.165) is 23.0 Å². The highest BCUT2D eigenvalue weighted by molar-refractivity contribution is 8.22. The first-order valence-corrected chi connectivity index (χ1v) is 12.6. The molecule has 0 saturated carbocycles. The van der Waals surface area contributed by atoms with Crippen LogP contribution in [-0.2, 0) is 0 Å². The van der Waals surface area contributed by atoms with Crippen LogP contribution in [0.1, 0.15) is 44.7 Å². The quantitative estimate of drug-likeness (QED) is 0.380. The summed E-state index contributed by atoms with van der Waals surface area (Å²) in [6, 6.07) is 10.2. The van der Waals surface area contributed by atoms with E-state index >= 15 is 0 Å². The minimum atomic E-state index is 0.244. The molecule has 0 spiro atoms. The number of hydrogen-bond acceptors (Lipinski definition) is 5. The molecule has 0 aromatic heterocycles. The highest BCUT2D eigenvalue weighted by atomic mass is 32.2. The Morgan fingerprint density at radius 2 is 1.24 bits per heavy atom. The predicted molar refractivity (Wildman–Crippen MR) is 123 cm³/mol. The first-order valence-electron chi connectivity index (χ1n) is 8.63. The summed E-state index contributed by atoms with van der Waals surface area (Å²) in [5.74, 6) is 4.59. The van der Waals surface area contributed by atoms with E-state index in [1.807, 2.05) is 59.2 Å². The molecule has 0 atom stereocenters. The van der Waals surface area contributed by atoms with Crippen LogP contribution >= 0.6 is 47.0 Å². The van der Waals surface area contributed by atoms with Crippen molar-refractivity contribution >= 4 is 47.0 Å². The van der Waals surface area contributed by atoms with E-state index in [2.05, 4.69) is 58.0 Å². The summed E-state index contributed by atoms with van der Waals surface area (Å²) >= 11 is 7.66. The molecule has 1 aromatic rings. The number of rotatable bonds is 11.